The number of halogens is 7. The van der Waals surface area contributed by atoms with Crippen molar-refractivity contribution in [2.45, 2.75) is 66.7 Å². The van der Waals surface area contributed by atoms with E-state index in [1.165, 1.54) is 21.8 Å². The number of aromatic carboxylic acids is 1. The standard InChI is InChI=1S/C23H21ClF2N6O.C15H10ClF2N3O2.C8H13N3.ClH/c1-12-5-20(27)30-13(2)17(12)9-29-23(33)18-11-32(31-21(18)22(25)26)10-14-3-4-19-15(6-14)7-16(24)8-28-19;16-10-4-9-3-8(1-2-12(9)19-5-10)6-21-7-11(15(22)23)13(20-21)14(17)18;1-5-3-8(10)11-6(2)7(5)4-9;/h3-8,11,22H,9-10H2,1-2H3,(H2,27,30)(H,29,33);1-5,7,14H,6H2,(H,22,23);3H,4,9H2,1-2H3,(H2,10,11);1H. The Labute approximate surface area is 403 Å². The molecule has 0 atom stereocenters. The van der Waals surface area contributed by atoms with E-state index < -0.39 is 41.7 Å². The minimum atomic E-state index is -2.94. The number of carboxylic acid groups (broad SMARTS) is 1. The Kier molecular flexibility index (Phi) is 17.4. The summed E-state index contributed by atoms with van der Waals surface area (Å²) in [5.74, 6) is -1.12. The number of nitrogen functional groups attached to an aromatic ring is 2. The quantitative estimate of drug-likeness (QED) is 0.0763. The Morgan fingerprint density at radius 1 is 0.691 bits per heavy atom. The SMILES string of the molecule is Cc1cc(N)nc(C)c1CN.Cc1cc(N)nc(C)c1CNC(=O)c1cn(Cc2ccc3ncc(Cl)cc3c2)nc1C(F)F.Cl.O=C(O)c1cn(Cc2ccc3ncc(Cl)cc3c2)nc1C(F)F. The van der Waals surface area contributed by atoms with Crippen molar-refractivity contribution >= 4 is 80.9 Å². The molecule has 15 nitrogen and oxygen atoms in total. The molecule has 1 amide bonds. The highest BCUT2D eigenvalue weighted by Gasteiger charge is 2.25. The highest BCUT2D eigenvalue weighted by molar-refractivity contribution is 6.31. The first kappa shape index (κ1) is 52.0. The van der Waals surface area contributed by atoms with Gasteiger partial charge in [0, 0.05) is 60.0 Å². The van der Waals surface area contributed by atoms with E-state index in [1.54, 1.807) is 49.5 Å². The van der Waals surface area contributed by atoms with Gasteiger partial charge in [-0.15, -0.1) is 12.4 Å². The van der Waals surface area contributed by atoms with Crippen LogP contribution in [0.2, 0.25) is 10.0 Å². The Morgan fingerprint density at radius 2 is 1.13 bits per heavy atom. The van der Waals surface area contributed by atoms with Gasteiger partial charge in [0.15, 0.2) is 0 Å². The minimum Gasteiger partial charge on any atom is -0.478 e. The molecule has 2 aromatic carbocycles. The fourth-order valence-electron chi connectivity index (χ4n) is 7.19. The van der Waals surface area contributed by atoms with Gasteiger partial charge in [0.2, 0.25) is 0 Å². The minimum absolute atomic E-state index is 0. The van der Waals surface area contributed by atoms with Gasteiger partial charge in [-0.2, -0.15) is 10.2 Å². The molecule has 0 radical (unpaired) electrons. The predicted molar refractivity (Wildman–Crippen MR) is 256 cm³/mol. The summed E-state index contributed by atoms with van der Waals surface area (Å²) in [5.41, 5.74) is 23.4. The van der Waals surface area contributed by atoms with Gasteiger partial charge >= 0.3 is 5.97 Å². The maximum atomic E-state index is 13.6. The number of aryl methyl sites for hydroxylation is 4. The maximum absolute atomic E-state index is 13.6. The molecular formula is C46H45Cl3F4N12O3. The van der Waals surface area contributed by atoms with Crippen LogP contribution in [0.15, 0.2) is 85.5 Å². The number of aromatic nitrogens is 8. The molecule has 0 aliphatic carbocycles. The van der Waals surface area contributed by atoms with Crippen molar-refractivity contribution in [3.8, 4) is 0 Å². The zero-order valence-electron chi connectivity index (χ0n) is 36.8. The number of alkyl halides is 4. The number of carboxylic acids is 1. The zero-order chi connectivity index (χ0) is 48.7. The number of anilines is 2. The molecule has 0 saturated carbocycles. The van der Waals surface area contributed by atoms with Crippen LogP contribution in [0.1, 0.15) is 89.7 Å². The first-order chi connectivity index (χ1) is 31.8. The summed E-state index contributed by atoms with van der Waals surface area (Å²) >= 11 is 11.9. The van der Waals surface area contributed by atoms with E-state index in [1.807, 2.05) is 45.0 Å². The van der Waals surface area contributed by atoms with Crippen LogP contribution in [0.25, 0.3) is 21.8 Å². The largest absolute Gasteiger partial charge is 0.478 e. The second-order valence-corrected chi connectivity index (χ2v) is 16.1. The van der Waals surface area contributed by atoms with Crippen LogP contribution >= 0.6 is 35.6 Å². The van der Waals surface area contributed by atoms with Crippen molar-refractivity contribution in [3.63, 3.8) is 0 Å². The lowest BCUT2D eigenvalue weighted by Gasteiger charge is -2.11. The van der Waals surface area contributed by atoms with Crippen LogP contribution in [0.4, 0.5) is 29.2 Å². The summed E-state index contributed by atoms with van der Waals surface area (Å²) in [7, 11) is 0. The van der Waals surface area contributed by atoms with Gasteiger partial charge in [0.1, 0.15) is 28.6 Å². The van der Waals surface area contributed by atoms with Gasteiger partial charge in [-0.1, -0.05) is 35.3 Å². The number of carbonyl (C=O) groups is 2. The first-order valence-corrected chi connectivity index (χ1v) is 21.0. The molecule has 8 rings (SSSR count). The fraction of sp³-hybridized carbons (Fsp3) is 0.217. The van der Waals surface area contributed by atoms with E-state index in [9.17, 15) is 27.2 Å². The smallest absolute Gasteiger partial charge is 0.339 e. The topological polar surface area (TPSA) is 232 Å². The predicted octanol–water partition coefficient (Wildman–Crippen LogP) is 9.52. The molecule has 8 aromatic rings. The number of hydrogen-bond acceptors (Lipinski definition) is 11. The second kappa shape index (κ2) is 22.7. The Balaban J connectivity index is 0.000000213. The number of carbonyl (C=O) groups excluding carboxylic acids is 1. The van der Waals surface area contributed by atoms with Gasteiger partial charge in [-0.25, -0.2) is 32.3 Å². The number of fused-ring (bicyclic) bond motifs is 2. The average Bonchev–Trinajstić information content (AvgIpc) is 3.89. The van der Waals surface area contributed by atoms with Gasteiger partial charge in [-0.05, 0) is 110 Å². The second-order valence-electron chi connectivity index (χ2n) is 15.3. The summed E-state index contributed by atoms with van der Waals surface area (Å²) in [6.45, 7) is 8.58. The summed E-state index contributed by atoms with van der Waals surface area (Å²) in [4.78, 5) is 40.4. The molecule has 356 valence electrons. The molecule has 0 fully saturated rings. The van der Waals surface area contributed by atoms with E-state index in [4.69, 9.17) is 45.5 Å². The zero-order valence-corrected chi connectivity index (χ0v) is 39.1. The summed E-state index contributed by atoms with van der Waals surface area (Å²) < 4.78 is 55.4. The normalized spacial score (nSPS) is 11.0. The van der Waals surface area contributed by atoms with Gasteiger partial charge in [0.25, 0.3) is 18.8 Å². The van der Waals surface area contributed by atoms with Gasteiger partial charge in [-0.3, -0.25) is 24.1 Å². The summed E-state index contributed by atoms with van der Waals surface area (Å²) in [6, 6.07) is 17.9. The molecule has 0 unspecified atom stereocenters. The number of benzene rings is 2. The molecule has 6 aromatic heterocycles. The highest BCUT2D eigenvalue weighted by atomic mass is 35.5. The maximum Gasteiger partial charge on any atom is 0.339 e. The fourth-order valence-corrected chi connectivity index (χ4v) is 7.52. The van der Waals surface area contributed by atoms with E-state index in [2.05, 4.69) is 35.5 Å². The number of nitrogens with one attached hydrogen (secondary N) is 1. The molecule has 0 spiro atoms. The van der Waals surface area contributed by atoms with E-state index in [0.29, 0.717) is 33.9 Å². The van der Waals surface area contributed by atoms with Crippen LogP contribution in [0.3, 0.4) is 0 Å². The molecule has 6 heterocycles. The van der Waals surface area contributed by atoms with Crippen LogP contribution < -0.4 is 22.5 Å². The lowest BCUT2D eigenvalue weighted by Crippen LogP contribution is -2.24. The molecule has 0 aliphatic heterocycles. The number of pyridine rings is 4. The third-order valence-corrected chi connectivity index (χ3v) is 10.8. The molecule has 0 bridgehead atoms. The van der Waals surface area contributed by atoms with Crippen molar-refractivity contribution in [2.24, 2.45) is 5.73 Å². The van der Waals surface area contributed by atoms with Crippen molar-refractivity contribution in [3.05, 3.63) is 163 Å². The van der Waals surface area contributed by atoms with E-state index >= 15 is 0 Å². The summed E-state index contributed by atoms with van der Waals surface area (Å²) in [5, 5.41) is 21.9. The Morgan fingerprint density at radius 3 is 1.54 bits per heavy atom. The monoisotopic (exact) mass is 994 g/mol. The average molecular weight is 996 g/mol. The third kappa shape index (κ3) is 12.9. The van der Waals surface area contributed by atoms with Crippen LogP contribution in [0, 0.1) is 27.7 Å². The number of nitrogens with two attached hydrogens (primary N) is 3. The van der Waals surface area contributed by atoms with Crippen molar-refractivity contribution in [1.82, 2.24) is 44.8 Å². The molecular weight excluding hydrogens is 951 g/mol. The molecule has 22 heteroatoms. The molecule has 8 N–H and O–H groups in total. The van der Waals surface area contributed by atoms with Crippen LogP contribution in [-0.4, -0.2) is 56.5 Å². The third-order valence-electron chi connectivity index (χ3n) is 10.4. The highest BCUT2D eigenvalue weighted by Crippen LogP contribution is 2.26. The Bertz CT molecular complexity index is 3070. The molecule has 0 aliphatic rings. The lowest BCUT2D eigenvalue weighted by molar-refractivity contribution is 0.0683. The van der Waals surface area contributed by atoms with Crippen molar-refractivity contribution in [1.29, 1.82) is 0 Å². The molecule has 0 saturated heterocycles. The first-order valence-electron chi connectivity index (χ1n) is 20.3. The number of amides is 1. The summed E-state index contributed by atoms with van der Waals surface area (Å²) in [6.07, 6.45) is -0.316. The number of rotatable bonds is 11. The van der Waals surface area contributed by atoms with Gasteiger partial charge < -0.3 is 27.6 Å². The van der Waals surface area contributed by atoms with Crippen LogP contribution in [0.5, 0.6) is 0 Å². The van der Waals surface area contributed by atoms with Crippen molar-refractivity contribution < 1.29 is 32.3 Å². The van der Waals surface area contributed by atoms with E-state index in [-0.39, 0.29) is 37.6 Å². The molecule has 68 heavy (non-hydrogen) atoms. The van der Waals surface area contributed by atoms with Crippen LogP contribution in [-0.2, 0) is 26.2 Å². The van der Waals surface area contributed by atoms with Gasteiger partial charge in [0.05, 0.1) is 39.7 Å². The van der Waals surface area contributed by atoms with E-state index in [0.717, 1.165) is 67.1 Å². The number of nitrogens with zero attached hydrogens (tertiary/aromatic N) is 8. The number of hydrogen-bond donors (Lipinski definition) is 5. The lowest BCUT2D eigenvalue weighted by atomic mass is 10.1. The Hall–Kier alpha value is -6.93. The van der Waals surface area contributed by atoms with Crippen molar-refractivity contribution in [2.75, 3.05) is 11.5 Å².